The van der Waals surface area contributed by atoms with Gasteiger partial charge in [0.1, 0.15) is 5.75 Å². The second-order valence-corrected chi connectivity index (χ2v) is 7.01. The van der Waals surface area contributed by atoms with Crippen molar-refractivity contribution in [3.63, 3.8) is 0 Å². The van der Waals surface area contributed by atoms with Crippen molar-refractivity contribution in [1.82, 2.24) is 20.5 Å². The van der Waals surface area contributed by atoms with Crippen molar-refractivity contribution in [2.45, 2.75) is 31.8 Å². The Balaban J connectivity index is 1.64. The number of ether oxygens (including phenoxy) is 1. The first-order valence-corrected chi connectivity index (χ1v) is 10.0. The van der Waals surface area contributed by atoms with Crippen LogP contribution in [0.1, 0.15) is 36.6 Å². The Kier molecular flexibility index (Phi) is 7.67. The van der Waals surface area contributed by atoms with Crippen molar-refractivity contribution < 1.29 is 4.74 Å². The van der Waals surface area contributed by atoms with Crippen molar-refractivity contribution in [2.75, 3.05) is 33.8 Å². The largest absolute Gasteiger partial charge is 0.497 e. The van der Waals surface area contributed by atoms with Gasteiger partial charge in [-0.1, -0.05) is 24.6 Å². The second-order valence-electron chi connectivity index (χ2n) is 7.01. The van der Waals surface area contributed by atoms with Crippen molar-refractivity contribution in [1.29, 1.82) is 0 Å². The highest BCUT2D eigenvalue weighted by Gasteiger charge is 2.22. The smallest absolute Gasteiger partial charge is 0.191 e. The van der Waals surface area contributed by atoms with Crippen LogP contribution in [0.3, 0.4) is 0 Å². The summed E-state index contributed by atoms with van der Waals surface area (Å²) in [5, 5.41) is 6.85. The van der Waals surface area contributed by atoms with E-state index in [1.807, 2.05) is 36.5 Å². The summed E-state index contributed by atoms with van der Waals surface area (Å²) in [4.78, 5) is 11.3. The van der Waals surface area contributed by atoms with E-state index in [4.69, 9.17) is 4.74 Å². The molecule has 0 amide bonds. The summed E-state index contributed by atoms with van der Waals surface area (Å²) in [5.41, 5.74) is 2.29. The maximum atomic E-state index is 5.32. The van der Waals surface area contributed by atoms with Gasteiger partial charge in [-0.25, -0.2) is 0 Å². The molecular formula is C22H31N5O. The maximum Gasteiger partial charge on any atom is 0.191 e. The van der Waals surface area contributed by atoms with Crippen LogP contribution in [0.5, 0.6) is 5.75 Å². The minimum atomic E-state index is 0.305. The van der Waals surface area contributed by atoms with Crippen LogP contribution in [-0.4, -0.2) is 49.6 Å². The minimum absolute atomic E-state index is 0.305. The summed E-state index contributed by atoms with van der Waals surface area (Å²) in [6.07, 6.45) is 5.66. The molecule has 1 aromatic carbocycles. The average molecular weight is 382 g/mol. The topological polar surface area (TPSA) is 61.8 Å². The summed E-state index contributed by atoms with van der Waals surface area (Å²) in [6.45, 7) is 3.72. The number of hydrogen-bond acceptors (Lipinski definition) is 4. The fraction of sp³-hybridized carbons (Fsp3) is 0.455. The van der Waals surface area contributed by atoms with Gasteiger partial charge in [0.2, 0.25) is 0 Å². The lowest BCUT2D eigenvalue weighted by atomic mass is 10.0. The number of nitrogens with zero attached hydrogens (tertiary/aromatic N) is 3. The number of aromatic nitrogens is 1. The predicted molar refractivity (Wildman–Crippen MR) is 114 cm³/mol. The van der Waals surface area contributed by atoms with Crippen molar-refractivity contribution >= 4 is 5.96 Å². The predicted octanol–water partition coefficient (Wildman–Crippen LogP) is 2.98. The van der Waals surface area contributed by atoms with Crippen LogP contribution in [0.25, 0.3) is 0 Å². The van der Waals surface area contributed by atoms with Gasteiger partial charge in [0, 0.05) is 19.8 Å². The van der Waals surface area contributed by atoms with Crippen molar-refractivity contribution in [2.24, 2.45) is 4.99 Å². The zero-order chi connectivity index (χ0) is 19.6. The molecule has 0 spiro atoms. The van der Waals surface area contributed by atoms with Crippen LogP contribution < -0.4 is 15.4 Å². The lowest BCUT2D eigenvalue weighted by molar-refractivity contribution is 0.164. The molecule has 0 saturated carbocycles. The first-order valence-electron chi connectivity index (χ1n) is 10.0. The number of rotatable bonds is 7. The molecule has 150 valence electrons. The quantitative estimate of drug-likeness (QED) is 0.570. The molecule has 0 aliphatic carbocycles. The number of hydrogen-bond donors (Lipinski definition) is 2. The number of benzene rings is 1. The number of nitrogens with one attached hydrogen (secondary N) is 2. The molecule has 0 radical (unpaired) electrons. The van der Waals surface area contributed by atoms with Gasteiger partial charge >= 0.3 is 0 Å². The summed E-state index contributed by atoms with van der Waals surface area (Å²) < 4.78 is 5.32. The molecule has 0 bridgehead atoms. The van der Waals surface area contributed by atoms with Crippen LogP contribution >= 0.6 is 0 Å². The highest BCUT2D eigenvalue weighted by molar-refractivity contribution is 5.79. The van der Waals surface area contributed by atoms with E-state index in [0.717, 1.165) is 37.0 Å². The molecule has 6 heteroatoms. The van der Waals surface area contributed by atoms with Gasteiger partial charge in [0.25, 0.3) is 0 Å². The highest BCUT2D eigenvalue weighted by atomic mass is 16.5. The normalized spacial score (nSPS) is 16.4. The van der Waals surface area contributed by atoms with E-state index < -0.39 is 0 Å². The Morgan fingerprint density at radius 2 is 1.89 bits per heavy atom. The van der Waals surface area contributed by atoms with Crippen LogP contribution in [-0.2, 0) is 6.54 Å². The average Bonchev–Trinajstić information content (AvgIpc) is 2.78. The third kappa shape index (κ3) is 5.70. The molecule has 1 aliphatic rings. The lowest BCUT2D eigenvalue weighted by Gasteiger charge is -2.35. The molecule has 3 rings (SSSR count). The Labute approximate surface area is 168 Å². The molecular weight excluding hydrogens is 350 g/mol. The van der Waals surface area contributed by atoms with Crippen molar-refractivity contribution in [3.05, 3.63) is 59.9 Å². The third-order valence-electron chi connectivity index (χ3n) is 5.18. The standard InChI is InChI=1S/C22H31N5O/c1-23-22(25-16-19-8-4-5-13-24-19)26-17-21(27-14-6-3-7-15-27)18-9-11-20(28-2)12-10-18/h4-5,8-13,21H,3,6-7,14-17H2,1-2H3,(H2,23,25,26). The molecule has 1 unspecified atom stereocenters. The monoisotopic (exact) mass is 381 g/mol. The molecule has 2 aromatic rings. The zero-order valence-electron chi connectivity index (χ0n) is 16.9. The van der Waals surface area contributed by atoms with Crippen LogP contribution in [0, 0.1) is 0 Å². The number of piperidine rings is 1. The second kappa shape index (κ2) is 10.7. The van der Waals surface area contributed by atoms with E-state index in [2.05, 4.69) is 37.6 Å². The third-order valence-corrected chi connectivity index (χ3v) is 5.18. The number of likely N-dealkylation sites (tertiary alicyclic amines) is 1. The van der Waals surface area contributed by atoms with E-state index in [0.29, 0.717) is 12.6 Å². The summed E-state index contributed by atoms with van der Waals surface area (Å²) in [5.74, 6) is 1.68. The minimum Gasteiger partial charge on any atom is -0.497 e. The number of methoxy groups -OCH3 is 1. The SMILES string of the molecule is CN=C(NCc1ccccn1)NCC(c1ccc(OC)cc1)N1CCCCC1. The molecule has 1 aromatic heterocycles. The number of pyridine rings is 1. The zero-order valence-corrected chi connectivity index (χ0v) is 16.9. The molecule has 1 aliphatic heterocycles. The van der Waals surface area contributed by atoms with Gasteiger partial charge in [-0.15, -0.1) is 0 Å². The number of guanidine groups is 1. The molecule has 28 heavy (non-hydrogen) atoms. The van der Waals surface area contributed by atoms with Gasteiger partial charge in [-0.3, -0.25) is 14.9 Å². The van der Waals surface area contributed by atoms with E-state index in [-0.39, 0.29) is 0 Å². The van der Waals surface area contributed by atoms with E-state index >= 15 is 0 Å². The van der Waals surface area contributed by atoms with E-state index in [1.165, 1.54) is 24.8 Å². The van der Waals surface area contributed by atoms with E-state index in [1.54, 1.807) is 14.2 Å². The molecule has 1 saturated heterocycles. The van der Waals surface area contributed by atoms with Gasteiger partial charge in [0.05, 0.1) is 25.4 Å². The van der Waals surface area contributed by atoms with Crippen LogP contribution in [0.2, 0.25) is 0 Å². The molecule has 2 heterocycles. The summed E-state index contributed by atoms with van der Waals surface area (Å²) >= 11 is 0. The van der Waals surface area contributed by atoms with Crippen LogP contribution in [0.4, 0.5) is 0 Å². The fourth-order valence-corrected chi connectivity index (χ4v) is 3.60. The Bertz CT molecular complexity index is 726. The molecule has 2 N–H and O–H groups in total. The van der Waals surface area contributed by atoms with E-state index in [9.17, 15) is 0 Å². The first kappa shape index (κ1) is 20.1. The maximum absolute atomic E-state index is 5.32. The number of aliphatic imine (C=N–C) groups is 1. The Morgan fingerprint density at radius 1 is 1.11 bits per heavy atom. The van der Waals surface area contributed by atoms with Crippen LogP contribution in [0.15, 0.2) is 53.7 Å². The molecule has 1 atom stereocenters. The fourth-order valence-electron chi connectivity index (χ4n) is 3.60. The summed E-state index contributed by atoms with van der Waals surface area (Å²) in [6, 6.07) is 14.7. The van der Waals surface area contributed by atoms with Gasteiger partial charge < -0.3 is 15.4 Å². The summed E-state index contributed by atoms with van der Waals surface area (Å²) in [7, 11) is 3.51. The first-order chi connectivity index (χ1) is 13.8. The lowest BCUT2D eigenvalue weighted by Crippen LogP contribution is -2.44. The highest BCUT2D eigenvalue weighted by Crippen LogP contribution is 2.25. The van der Waals surface area contributed by atoms with Crippen molar-refractivity contribution in [3.8, 4) is 5.75 Å². The molecule has 6 nitrogen and oxygen atoms in total. The Hall–Kier alpha value is -2.60. The molecule has 1 fully saturated rings. The van der Waals surface area contributed by atoms with Gasteiger partial charge in [-0.05, 0) is 55.8 Å². The Morgan fingerprint density at radius 3 is 2.54 bits per heavy atom. The van der Waals surface area contributed by atoms with Gasteiger partial charge in [-0.2, -0.15) is 0 Å². The van der Waals surface area contributed by atoms with Gasteiger partial charge in [0.15, 0.2) is 5.96 Å².